The Morgan fingerprint density at radius 1 is 1.33 bits per heavy atom. The van der Waals surface area contributed by atoms with Gasteiger partial charge >= 0.3 is 0 Å². The van der Waals surface area contributed by atoms with E-state index in [0.717, 1.165) is 0 Å². The summed E-state index contributed by atoms with van der Waals surface area (Å²) in [7, 11) is 0. The lowest BCUT2D eigenvalue weighted by Crippen LogP contribution is -2.12. The molecule has 0 aliphatic carbocycles. The van der Waals surface area contributed by atoms with Crippen LogP contribution in [0.25, 0.3) is 0 Å². The van der Waals surface area contributed by atoms with Gasteiger partial charge in [-0.3, -0.25) is 0 Å². The van der Waals surface area contributed by atoms with Gasteiger partial charge in [0.2, 0.25) is 0 Å². The number of hydrogen-bond donors (Lipinski definition) is 1. The van der Waals surface area contributed by atoms with Gasteiger partial charge in [0.25, 0.3) is 0 Å². The zero-order chi connectivity index (χ0) is 11.4. The molecule has 1 atom stereocenters. The van der Waals surface area contributed by atoms with Gasteiger partial charge < -0.3 is 10.5 Å². The first-order valence-corrected chi connectivity index (χ1v) is 5.19. The van der Waals surface area contributed by atoms with Crippen molar-refractivity contribution in [1.82, 2.24) is 0 Å². The third kappa shape index (κ3) is 3.20. The van der Waals surface area contributed by atoms with Gasteiger partial charge in [0.05, 0.1) is 6.61 Å². The molecule has 1 unspecified atom stereocenters. The fourth-order valence-corrected chi connectivity index (χ4v) is 1.34. The van der Waals surface area contributed by atoms with Gasteiger partial charge in [0.15, 0.2) is 0 Å². The molecule has 3 heteroatoms. The van der Waals surface area contributed by atoms with Crippen LogP contribution in [-0.4, -0.2) is 6.61 Å². The van der Waals surface area contributed by atoms with Crippen molar-refractivity contribution in [2.75, 3.05) is 6.61 Å². The molecular formula is C12H18FNO. The third-order valence-corrected chi connectivity index (χ3v) is 2.04. The summed E-state index contributed by atoms with van der Waals surface area (Å²) < 4.78 is 19.0. The van der Waals surface area contributed by atoms with Crippen LogP contribution in [-0.2, 0) is 0 Å². The summed E-state index contributed by atoms with van der Waals surface area (Å²) >= 11 is 0. The molecule has 0 radical (unpaired) electrons. The molecule has 1 aromatic carbocycles. The van der Waals surface area contributed by atoms with Crippen molar-refractivity contribution in [1.29, 1.82) is 0 Å². The molecule has 0 aliphatic heterocycles. The van der Waals surface area contributed by atoms with E-state index in [4.69, 9.17) is 10.5 Å². The van der Waals surface area contributed by atoms with Crippen LogP contribution in [0.2, 0.25) is 0 Å². The van der Waals surface area contributed by atoms with Crippen molar-refractivity contribution in [3.63, 3.8) is 0 Å². The number of benzene rings is 1. The van der Waals surface area contributed by atoms with Gasteiger partial charge in [-0.2, -0.15) is 0 Å². The quantitative estimate of drug-likeness (QED) is 0.831. The van der Waals surface area contributed by atoms with Crippen molar-refractivity contribution in [2.45, 2.75) is 26.8 Å². The molecule has 0 aromatic heterocycles. The Balaban J connectivity index is 2.91. The highest BCUT2D eigenvalue weighted by Crippen LogP contribution is 2.26. The molecule has 0 fully saturated rings. The van der Waals surface area contributed by atoms with Gasteiger partial charge in [-0.25, -0.2) is 4.39 Å². The van der Waals surface area contributed by atoms with Crippen LogP contribution in [0, 0.1) is 11.7 Å². The second-order valence-electron chi connectivity index (χ2n) is 4.15. The van der Waals surface area contributed by atoms with Gasteiger partial charge in [-0.05, 0) is 25.0 Å². The molecule has 15 heavy (non-hydrogen) atoms. The Morgan fingerprint density at radius 2 is 2.00 bits per heavy atom. The average Bonchev–Trinajstić information content (AvgIpc) is 2.13. The highest BCUT2D eigenvalue weighted by Gasteiger charge is 2.13. The summed E-state index contributed by atoms with van der Waals surface area (Å²) in [6.45, 7) is 6.42. The zero-order valence-corrected chi connectivity index (χ0v) is 9.46. The van der Waals surface area contributed by atoms with Crippen LogP contribution in [0.4, 0.5) is 4.39 Å². The minimum atomic E-state index is -0.353. The Morgan fingerprint density at radius 3 is 2.53 bits per heavy atom. The largest absolute Gasteiger partial charge is 0.493 e. The maximum absolute atomic E-state index is 13.5. The second kappa shape index (κ2) is 5.12. The van der Waals surface area contributed by atoms with Crippen LogP contribution < -0.4 is 10.5 Å². The standard InChI is InChI=1S/C12H18FNO/c1-8(2)7-15-11-6-4-5-10(13)12(11)9(3)14/h4-6,8-9H,7,14H2,1-3H3. The minimum absolute atomic E-state index is 0.300. The summed E-state index contributed by atoms with van der Waals surface area (Å²) in [5.74, 6) is 0.666. The molecule has 0 heterocycles. The van der Waals surface area contributed by atoms with E-state index < -0.39 is 0 Å². The summed E-state index contributed by atoms with van der Waals surface area (Å²) in [5.41, 5.74) is 6.16. The zero-order valence-electron chi connectivity index (χ0n) is 9.46. The molecule has 0 spiro atoms. The monoisotopic (exact) mass is 211 g/mol. The number of nitrogens with two attached hydrogens (primary N) is 1. The molecule has 84 valence electrons. The van der Waals surface area contributed by atoms with Gasteiger partial charge in [0, 0.05) is 11.6 Å². The molecular weight excluding hydrogens is 193 g/mol. The first kappa shape index (κ1) is 12.0. The van der Waals surface area contributed by atoms with Crippen LogP contribution >= 0.6 is 0 Å². The predicted octanol–water partition coefficient (Wildman–Crippen LogP) is 2.88. The second-order valence-corrected chi connectivity index (χ2v) is 4.15. The van der Waals surface area contributed by atoms with Crippen molar-refractivity contribution in [2.24, 2.45) is 11.7 Å². The van der Waals surface area contributed by atoms with Crippen LogP contribution in [0.3, 0.4) is 0 Å². The van der Waals surface area contributed by atoms with Crippen LogP contribution in [0.15, 0.2) is 18.2 Å². The van der Waals surface area contributed by atoms with Crippen molar-refractivity contribution in [3.8, 4) is 5.75 Å². The normalized spacial score (nSPS) is 12.9. The smallest absolute Gasteiger partial charge is 0.131 e. The first-order valence-electron chi connectivity index (χ1n) is 5.19. The summed E-state index contributed by atoms with van der Waals surface area (Å²) in [6.07, 6.45) is 0. The SMILES string of the molecule is CC(C)COc1cccc(F)c1C(C)N. The fourth-order valence-electron chi connectivity index (χ4n) is 1.34. The lowest BCUT2D eigenvalue weighted by molar-refractivity contribution is 0.266. The summed E-state index contributed by atoms with van der Waals surface area (Å²) in [6, 6.07) is 4.44. The van der Waals surface area contributed by atoms with Gasteiger partial charge in [-0.1, -0.05) is 19.9 Å². The van der Waals surface area contributed by atoms with Crippen molar-refractivity contribution >= 4 is 0 Å². The van der Waals surface area contributed by atoms with Crippen LogP contribution in [0.5, 0.6) is 5.75 Å². The van der Waals surface area contributed by atoms with E-state index >= 15 is 0 Å². The molecule has 2 nitrogen and oxygen atoms in total. The molecule has 0 aliphatic rings. The Bertz CT molecular complexity index is 323. The fraction of sp³-hybridized carbons (Fsp3) is 0.500. The lowest BCUT2D eigenvalue weighted by Gasteiger charge is -2.15. The Hall–Kier alpha value is -1.09. The van der Waals surface area contributed by atoms with Gasteiger partial charge in [0.1, 0.15) is 11.6 Å². The van der Waals surface area contributed by atoms with E-state index in [-0.39, 0.29) is 11.9 Å². The molecule has 0 saturated heterocycles. The third-order valence-electron chi connectivity index (χ3n) is 2.04. The predicted molar refractivity (Wildman–Crippen MR) is 59.3 cm³/mol. The Labute approximate surface area is 90.2 Å². The Kier molecular flexibility index (Phi) is 4.09. The van der Waals surface area contributed by atoms with E-state index in [2.05, 4.69) is 0 Å². The number of halogens is 1. The molecule has 2 N–H and O–H groups in total. The summed E-state index contributed by atoms with van der Waals surface area (Å²) in [4.78, 5) is 0. The number of ether oxygens (including phenoxy) is 1. The van der Waals surface area contributed by atoms with Crippen LogP contribution in [0.1, 0.15) is 32.4 Å². The number of hydrogen-bond acceptors (Lipinski definition) is 2. The highest BCUT2D eigenvalue weighted by atomic mass is 19.1. The van der Waals surface area contributed by atoms with E-state index in [9.17, 15) is 4.39 Å². The topological polar surface area (TPSA) is 35.2 Å². The van der Waals surface area contributed by atoms with Crippen molar-refractivity contribution < 1.29 is 9.13 Å². The van der Waals surface area contributed by atoms with E-state index in [0.29, 0.717) is 23.8 Å². The van der Waals surface area contributed by atoms with Gasteiger partial charge in [-0.15, -0.1) is 0 Å². The first-order chi connectivity index (χ1) is 7.02. The van der Waals surface area contributed by atoms with E-state index in [1.165, 1.54) is 6.07 Å². The minimum Gasteiger partial charge on any atom is -0.493 e. The van der Waals surface area contributed by atoms with Crippen molar-refractivity contribution in [3.05, 3.63) is 29.6 Å². The average molecular weight is 211 g/mol. The van der Waals surface area contributed by atoms with E-state index in [1.807, 2.05) is 13.8 Å². The maximum atomic E-state index is 13.5. The molecule has 1 aromatic rings. The molecule has 1 rings (SSSR count). The molecule has 0 bridgehead atoms. The lowest BCUT2D eigenvalue weighted by atomic mass is 10.1. The van der Waals surface area contributed by atoms with E-state index in [1.54, 1.807) is 19.1 Å². The highest BCUT2D eigenvalue weighted by molar-refractivity contribution is 5.36. The molecule has 0 saturated carbocycles. The maximum Gasteiger partial charge on any atom is 0.131 e. The molecule has 0 amide bonds. The summed E-state index contributed by atoms with van der Waals surface area (Å²) in [5, 5.41) is 0. The number of rotatable bonds is 4.